The molecule has 1 aliphatic rings. The maximum absolute atomic E-state index is 4.41. The molecule has 1 fully saturated rings. The number of aromatic nitrogens is 2. The van der Waals surface area contributed by atoms with Crippen molar-refractivity contribution in [1.29, 1.82) is 0 Å². The van der Waals surface area contributed by atoms with Crippen molar-refractivity contribution >= 4 is 22.6 Å². The van der Waals surface area contributed by atoms with Crippen LogP contribution in [0.15, 0.2) is 6.07 Å². The Hall–Kier alpha value is -0.0600. The van der Waals surface area contributed by atoms with Gasteiger partial charge in [-0.25, -0.2) is 0 Å². The van der Waals surface area contributed by atoms with E-state index in [-0.39, 0.29) is 0 Å². The Labute approximate surface area is 86.5 Å². The molecule has 0 bridgehead atoms. The van der Waals surface area contributed by atoms with Gasteiger partial charge in [0.1, 0.15) is 3.70 Å². The van der Waals surface area contributed by atoms with Crippen LogP contribution >= 0.6 is 22.6 Å². The van der Waals surface area contributed by atoms with Gasteiger partial charge in [0.25, 0.3) is 0 Å². The van der Waals surface area contributed by atoms with Gasteiger partial charge in [-0.15, -0.1) is 0 Å². The van der Waals surface area contributed by atoms with E-state index in [4.69, 9.17) is 0 Å². The molecule has 1 heterocycles. The van der Waals surface area contributed by atoms with Gasteiger partial charge in [0, 0.05) is 12.2 Å². The van der Waals surface area contributed by atoms with Crippen molar-refractivity contribution in [2.45, 2.75) is 32.7 Å². The average molecular weight is 276 g/mol. The van der Waals surface area contributed by atoms with Crippen molar-refractivity contribution in [2.75, 3.05) is 0 Å². The van der Waals surface area contributed by atoms with Crippen LogP contribution in [-0.4, -0.2) is 9.78 Å². The van der Waals surface area contributed by atoms with Crippen molar-refractivity contribution < 1.29 is 0 Å². The Morgan fingerprint density at radius 3 is 2.92 bits per heavy atom. The van der Waals surface area contributed by atoms with E-state index in [1.807, 2.05) is 0 Å². The lowest BCUT2D eigenvalue weighted by Crippen LogP contribution is -2.02. The molecule has 1 saturated carbocycles. The molecule has 0 aromatic carbocycles. The third-order valence-corrected chi connectivity index (χ3v) is 2.92. The first-order valence-electron chi connectivity index (χ1n) is 4.45. The van der Waals surface area contributed by atoms with E-state index in [2.05, 4.69) is 45.4 Å². The first-order chi connectivity index (χ1) is 5.75. The summed E-state index contributed by atoms with van der Waals surface area (Å²) in [4.78, 5) is 0. The van der Waals surface area contributed by atoms with Gasteiger partial charge in [-0.05, 0) is 47.9 Å². The maximum Gasteiger partial charge on any atom is 0.123 e. The molecule has 2 rings (SSSR count). The molecule has 0 amide bonds. The quantitative estimate of drug-likeness (QED) is 0.776. The normalized spacial score (nSPS) is 16.8. The summed E-state index contributed by atoms with van der Waals surface area (Å²) in [6, 6.07) is 2.13. The van der Waals surface area contributed by atoms with Gasteiger partial charge < -0.3 is 0 Å². The molecule has 2 nitrogen and oxygen atoms in total. The molecular weight excluding hydrogens is 263 g/mol. The number of hydrogen-bond acceptors (Lipinski definition) is 1. The highest BCUT2D eigenvalue weighted by Gasteiger charge is 2.20. The number of rotatable bonds is 3. The number of halogens is 1. The smallest absolute Gasteiger partial charge is 0.123 e. The fraction of sp³-hybridized carbons (Fsp3) is 0.667. The van der Waals surface area contributed by atoms with Gasteiger partial charge in [0.15, 0.2) is 0 Å². The molecular formula is C9H13IN2. The molecule has 0 N–H and O–H groups in total. The fourth-order valence-electron chi connectivity index (χ4n) is 1.41. The third kappa shape index (κ3) is 2.00. The molecule has 0 spiro atoms. The molecule has 12 heavy (non-hydrogen) atoms. The maximum atomic E-state index is 4.41. The summed E-state index contributed by atoms with van der Waals surface area (Å²) in [6.45, 7) is 3.24. The summed E-state index contributed by atoms with van der Waals surface area (Å²) >= 11 is 2.27. The van der Waals surface area contributed by atoms with Crippen molar-refractivity contribution in [3.8, 4) is 0 Å². The molecule has 1 aromatic heterocycles. The van der Waals surface area contributed by atoms with Gasteiger partial charge in [0.2, 0.25) is 0 Å². The molecule has 0 radical (unpaired) electrons. The van der Waals surface area contributed by atoms with Crippen LogP contribution in [0.5, 0.6) is 0 Å². The molecule has 0 saturated heterocycles. The van der Waals surface area contributed by atoms with Crippen molar-refractivity contribution in [2.24, 2.45) is 5.92 Å². The molecule has 0 aliphatic heterocycles. The van der Waals surface area contributed by atoms with E-state index in [9.17, 15) is 0 Å². The van der Waals surface area contributed by atoms with E-state index in [0.717, 1.165) is 16.2 Å². The van der Waals surface area contributed by atoms with Crippen molar-refractivity contribution in [3.05, 3.63) is 15.5 Å². The highest BCUT2D eigenvalue weighted by atomic mass is 127. The highest BCUT2D eigenvalue weighted by Crippen LogP contribution is 2.32. The molecule has 3 heteroatoms. The summed E-state index contributed by atoms with van der Waals surface area (Å²) in [6.07, 6.45) is 4.20. The molecule has 1 aromatic rings. The SMILES string of the molecule is Cc1cc(I)nn1CCC1CC1. The Kier molecular flexibility index (Phi) is 2.39. The standard InChI is InChI=1S/C9H13IN2/c1-7-6-9(10)11-12(7)5-4-8-2-3-8/h6,8H,2-5H2,1H3. The van der Waals surface area contributed by atoms with Crippen LogP contribution < -0.4 is 0 Å². The molecule has 0 unspecified atom stereocenters. The van der Waals surface area contributed by atoms with E-state index in [1.165, 1.54) is 25.0 Å². The molecule has 66 valence electrons. The lowest BCUT2D eigenvalue weighted by atomic mass is 10.3. The summed E-state index contributed by atoms with van der Waals surface area (Å²) in [5, 5.41) is 4.41. The van der Waals surface area contributed by atoms with Crippen LogP contribution in [-0.2, 0) is 6.54 Å². The zero-order chi connectivity index (χ0) is 8.55. The third-order valence-electron chi connectivity index (χ3n) is 2.40. The van der Waals surface area contributed by atoms with Crippen LogP contribution in [0.2, 0.25) is 0 Å². The van der Waals surface area contributed by atoms with Crippen LogP contribution in [0, 0.1) is 16.5 Å². The monoisotopic (exact) mass is 276 g/mol. The Bertz CT molecular complexity index is 276. The average Bonchev–Trinajstić information content (AvgIpc) is 2.76. The topological polar surface area (TPSA) is 17.8 Å². The van der Waals surface area contributed by atoms with Crippen LogP contribution in [0.3, 0.4) is 0 Å². The first kappa shape index (κ1) is 8.53. The van der Waals surface area contributed by atoms with E-state index in [1.54, 1.807) is 0 Å². The van der Waals surface area contributed by atoms with E-state index >= 15 is 0 Å². The summed E-state index contributed by atoms with van der Waals surface area (Å²) < 4.78 is 3.24. The van der Waals surface area contributed by atoms with E-state index in [0.29, 0.717) is 0 Å². The highest BCUT2D eigenvalue weighted by molar-refractivity contribution is 14.1. The zero-order valence-electron chi connectivity index (χ0n) is 7.26. The second-order valence-corrected chi connectivity index (χ2v) is 4.67. The summed E-state index contributed by atoms with van der Waals surface area (Å²) in [5.41, 5.74) is 1.29. The Balaban J connectivity index is 1.96. The summed E-state index contributed by atoms with van der Waals surface area (Å²) in [5.74, 6) is 1.01. The fourth-order valence-corrected chi connectivity index (χ4v) is 2.12. The number of hydrogen-bond donors (Lipinski definition) is 0. The Morgan fingerprint density at radius 1 is 1.67 bits per heavy atom. The Morgan fingerprint density at radius 2 is 2.42 bits per heavy atom. The molecule has 1 aliphatic carbocycles. The van der Waals surface area contributed by atoms with Crippen molar-refractivity contribution in [1.82, 2.24) is 9.78 Å². The lowest BCUT2D eigenvalue weighted by molar-refractivity contribution is 0.533. The summed E-state index contributed by atoms with van der Waals surface area (Å²) in [7, 11) is 0. The second-order valence-electron chi connectivity index (χ2n) is 3.56. The lowest BCUT2D eigenvalue weighted by Gasteiger charge is -2.01. The minimum absolute atomic E-state index is 1.01. The minimum atomic E-state index is 1.01. The predicted molar refractivity (Wildman–Crippen MR) is 57.0 cm³/mol. The number of aryl methyl sites for hydroxylation is 2. The van der Waals surface area contributed by atoms with Crippen molar-refractivity contribution in [3.63, 3.8) is 0 Å². The molecule has 0 atom stereocenters. The van der Waals surface area contributed by atoms with E-state index < -0.39 is 0 Å². The van der Waals surface area contributed by atoms with Gasteiger partial charge >= 0.3 is 0 Å². The van der Waals surface area contributed by atoms with Gasteiger partial charge in [0.05, 0.1) is 0 Å². The van der Waals surface area contributed by atoms with Crippen LogP contribution in [0.25, 0.3) is 0 Å². The second kappa shape index (κ2) is 3.36. The van der Waals surface area contributed by atoms with Crippen LogP contribution in [0.1, 0.15) is 25.0 Å². The predicted octanol–water partition coefficient (Wildman–Crippen LogP) is 2.60. The number of nitrogens with zero attached hydrogens (tertiary/aromatic N) is 2. The van der Waals surface area contributed by atoms with Gasteiger partial charge in [-0.2, -0.15) is 5.10 Å². The zero-order valence-corrected chi connectivity index (χ0v) is 9.41. The largest absolute Gasteiger partial charge is 0.269 e. The van der Waals surface area contributed by atoms with Crippen LogP contribution in [0.4, 0.5) is 0 Å². The first-order valence-corrected chi connectivity index (χ1v) is 5.53. The van der Waals surface area contributed by atoms with Gasteiger partial charge in [-0.1, -0.05) is 12.8 Å². The minimum Gasteiger partial charge on any atom is -0.269 e. The van der Waals surface area contributed by atoms with Gasteiger partial charge in [-0.3, -0.25) is 4.68 Å².